The minimum Gasteiger partial charge on any atom is -0.492 e. The van der Waals surface area contributed by atoms with Gasteiger partial charge in [-0.3, -0.25) is 9.10 Å². The van der Waals surface area contributed by atoms with Crippen LogP contribution in [0, 0.1) is 6.92 Å². The van der Waals surface area contributed by atoms with Crippen molar-refractivity contribution in [2.45, 2.75) is 45.1 Å². The lowest BCUT2D eigenvalue weighted by Gasteiger charge is -2.26. The first-order valence-corrected chi connectivity index (χ1v) is 12.9. The normalized spacial score (nSPS) is 12.1. The van der Waals surface area contributed by atoms with Crippen LogP contribution in [0.4, 0.5) is 5.69 Å². The van der Waals surface area contributed by atoms with E-state index < -0.39 is 15.9 Å². The summed E-state index contributed by atoms with van der Waals surface area (Å²) in [6.45, 7) is 7.67. The molecule has 0 bridgehead atoms. The molecule has 1 atom stereocenters. The van der Waals surface area contributed by atoms with Crippen molar-refractivity contribution in [1.29, 1.82) is 0 Å². The molecule has 0 heterocycles. The van der Waals surface area contributed by atoms with Gasteiger partial charge >= 0.3 is 0 Å². The van der Waals surface area contributed by atoms with Gasteiger partial charge in [0.2, 0.25) is 5.91 Å². The van der Waals surface area contributed by atoms with Crippen LogP contribution in [-0.4, -0.2) is 27.5 Å². The van der Waals surface area contributed by atoms with Crippen LogP contribution in [0.2, 0.25) is 0 Å². The third kappa shape index (κ3) is 5.97. The number of sulfonamides is 1. The highest BCUT2D eigenvalue weighted by molar-refractivity contribution is 7.92. The van der Waals surface area contributed by atoms with Gasteiger partial charge in [0.1, 0.15) is 12.3 Å². The molecule has 0 fully saturated rings. The minimum atomic E-state index is -4.02. The molecule has 0 aromatic heterocycles. The minimum absolute atomic E-state index is 0.111. The van der Waals surface area contributed by atoms with Crippen molar-refractivity contribution in [3.63, 3.8) is 0 Å². The van der Waals surface area contributed by atoms with Crippen molar-refractivity contribution < 1.29 is 17.9 Å². The van der Waals surface area contributed by atoms with Crippen LogP contribution in [0.25, 0.3) is 0 Å². The van der Waals surface area contributed by atoms with E-state index in [1.54, 1.807) is 48.5 Å². The molecule has 1 amide bonds. The Morgan fingerprint density at radius 2 is 1.62 bits per heavy atom. The number of nitrogens with one attached hydrogen (secondary N) is 1. The Morgan fingerprint density at radius 3 is 2.24 bits per heavy atom. The van der Waals surface area contributed by atoms with E-state index in [1.807, 2.05) is 45.0 Å². The van der Waals surface area contributed by atoms with E-state index in [1.165, 1.54) is 5.56 Å². The Hall–Kier alpha value is -3.32. The van der Waals surface area contributed by atoms with E-state index in [-0.39, 0.29) is 17.5 Å². The fourth-order valence-corrected chi connectivity index (χ4v) is 5.05. The zero-order valence-electron chi connectivity index (χ0n) is 20.1. The number of hydrogen-bond acceptors (Lipinski definition) is 4. The Kier molecular flexibility index (Phi) is 8.34. The van der Waals surface area contributed by atoms with E-state index in [2.05, 4.69) is 12.2 Å². The third-order valence-electron chi connectivity index (χ3n) is 5.60. The summed E-state index contributed by atoms with van der Waals surface area (Å²) in [5, 5.41) is 2.93. The third-order valence-corrected chi connectivity index (χ3v) is 7.37. The van der Waals surface area contributed by atoms with Crippen molar-refractivity contribution in [1.82, 2.24) is 5.32 Å². The lowest BCUT2D eigenvalue weighted by Crippen LogP contribution is -2.41. The maximum Gasteiger partial charge on any atom is 0.264 e. The number of aryl methyl sites for hydroxylation is 2. The van der Waals surface area contributed by atoms with Gasteiger partial charge in [-0.1, -0.05) is 61.0 Å². The summed E-state index contributed by atoms with van der Waals surface area (Å²) in [5.41, 5.74) is 3.43. The molecule has 0 saturated heterocycles. The van der Waals surface area contributed by atoms with E-state index in [4.69, 9.17) is 4.74 Å². The molecule has 0 radical (unpaired) electrons. The van der Waals surface area contributed by atoms with Gasteiger partial charge in [0.05, 0.1) is 23.2 Å². The number of carbonyl (C=O) groups excluding carboxylic acids is 1. The molecule has 0 spiro atoms. The van der Waals surface area contributed by atoms with Gasteiger partial charge < -0.3 is 10.1 Å². The topological polar surface area (TPSA) is 75.7 Å². The van der Waals surface area contributed by atoms with Crippen LogP contribution < -0.4 is 14.4 Å². The molecule has 0 saturated carbocycles. The molecule has 180 valence electrons. The van der Waals surface area contributed by atoms with Gasteiger partial charge in [0.25, 0.3) is 10.0 Å². The number of hydrogen-bond donors (Lipinski definition) is 1. The summed E-state index contributed by atoms with van der Waals surface area (Å²) < 4.78 is 34.1. The van der Waals surface area contributed by atoms with E-state index in [9.17, 15) is 13.2 Å². The molecular formula is C27H32N2O4S. The zero-order chi connectivity index (χ0) is 24.7. The molecule has 3 rings (SSSR count). The number of amides is 1. The first kappa shape index (κ1) is 25.3. The van der Waals surface area contributed by atoms with Crippen molar-refractivity contribution in [2.24, 2.45) is 0 Å². The fourth-order valence-electron chi connectivity index (χ4n) is 3.62. The molecule has 7 heteroatoms. The summed E-state index contributed by atoms with van der Waals surface area (Å²) in [6.07, 6.45) is 0.937. The summed E-state index contributed by atoms with van der Waals surface area (Å²) in [7, 11) is -4.02. The molecular weight excluding hydrogens is 448 g/mol. The number of para-hydroxylation sites is 2. The highest BCUT2D eigenvalue weighted by Crippen LogP contribution is 2.32. The fraction of sp³-hybridized carbons (Fsp3) is 0.296. The molecule has 3 aromatic rings. The summed E-state index contributed by atoms with van der Waals surface area (Å²) in [5.74, 6) is -0.00857. The van der Waals surface area contributed by atoms with Crippen molar-refractivity contribution in [3.8, 4) is 5.75 Å². The van der Waals surface area contributed by atoms with Crippen LogP contribution in [0.15, 0.2) is 77.7 Å². The number of rotatable bonds is 10. The quantitative estimate of drug-likeness (QED) is 0.442. The Morgan fingerprint density at radius 1 is 0.971 bits per heavy atom. The smallest absolute Gasteiger partial charge is 0.264 e. The highest BCUT2D eigenvalue weighted by atomic mass is 32.2. The van der Waals surface area contributed by atoms with Crippen molar-refractivity contribution in [2.75, 3.05) is 17.5 Å². The number of benzene rings is 3. The molecule has 3 aromatic carbocycles. The maximum absolute atomic E-state index is 13.7. The highest BCUT2D eigenvalue weighted by Gasteiger charge is 2.29. The SMILES string of the molecule is CCOc1ccccc1N(CC(=O)N[C@@H](C)c1ccc(CC)cc1)S(=O)(=O)c1ccc(C)cc1. The van der Waals surface area contributed by atoms with Crippen molar-refractivity contribution >= 4 is 21.6 Å². The van der Waals surface area contributed by atoms with Crippen LogP contribution >= 0.6 is 0 Å². The predicted octanol–water partition coefficient (Wildman–Crippen LogP) is 5.03. The second kappa shape index (κ2) is 11.2. The molecule has 34 heavy (non-hydrogen) atoms. The van der Waals surface area contributed by atoms with Gasteiger partial charge in [0, 0.05) is 0 Å². The predicted molar refractivity (Wildman–Crippen MR) is 136 cm³/mol. The van der Waals surface area contributed by atoms with E-state index >= 15 is 0 Å². The van der Waals surface area contributed by atoms with Gasteiger partial charge in [-0.25, -0.2) is 8.42 Å². The number of ether oxygens (including phenoxy) is 1. The first-order valence-electron chi connectivity index (χ1n) is 11.5. The number of carbonyl (C=O) groups is 1. The number of anilines is 1. The second-order valence-corrected chi connectivity index (χ2v) is 9.97. The molecule has 0 aliphatic heterocycles. The molecule has 0 aliphatic carbocycles. The Labute approximate surface area is 202 Å². The average Bonchev–Trinajstić information content (AvgIpc) is 2.83. The summed E-state index contributed by atoms with van der Waals surface area (Å²) in [6, 6.07) is 21.2. The largest absolute Gasteiger partial charge is 0.492 e. The van der Waals surface area contributed by atoms with Gasteiger partial charge in [0.15, 0.2) is 0 Å². The molecule has 0 aliphatic rings. The average molecular weight is 481 g/mol. The van der Waals surface area contributed by atoms with Gasteiger partial charge in [-0.2, -0.15) is 0 Å². The van der Waals surface area contributed by atoms with Crippen LogP contribution in [-0.2, 0) is 21.2 Å². The second-order valence-electron chi connectivity index (χ2n) is 8.11. The maximum atomic E-state index is 13.7. The van der Waals surface area contributed by atoms with Crippen molar-refractivity contribution in [3.05, 3.63) is 89.5 Å². The zero-order valence-corrected chi connectivity index (χ0v) is 20.9. The first-order chi connectivity index (χ1) is 16.3. The van der Waals surface area contributed by atoms with Gasteiger partial charge in [-0.15, -0.1) is 0 Å². The molecule has 1 N–H and O–H groups in total. The Bertz CT molecular complexity index is 1210. The lowest BCUT2D eigenvalue weighted by atomic mass is 10.1. The monoisotopic (exact) mass is 480 g/mol. The van der Waals surface area contributed by atoms with Crippen LogP contribution in [0.5, 0.6) is 5.75 Å². The van der Waals surface area contributed by atoms with Crippen LogP contribution in [0.1, 0.15) is 43.5 Å². The van der Waals surface area contributed by atoms with E-state index in [0.717, 1.165) is 21.9 Å². The summed E-state index contributed by atoms with van der Waals surface area (Å²) in [4.78, 5) is 13.2. The van der Waals surface area contributed by atoms with Gasteiger partial charge in [-0.05, 0) is 62.6 Å². The molecule has 0 unspecified atom stereocenters. The standard InChI is InChI=1S/C27H32N2O4S/c1-5-22-13-15-23(16-14-22)21(4)28-27(30)19-29(25-9-7-8-10-26(25)33-6-2)34(31,32)24-17-11-20(3)12-18-24/h7-18,21H,5-6,19H2,1-4H3,(H,28,30)/t21-/m0/s1. The van der Waals surface area contributed by atoms with E-state index in [0.29, 0.717) is 18.0 Å². The Balaban J connectivity index is 1.92. The summed E-state index contributed by atoms with van der Waals surface area (Å²) >= 11 is 0. The molecule has 6 nitrogen and oxygen atoms in total. The van der Waals surface area contributed by atoms with Crippen LogP contribution in [0.3, 0.4) is 0 Å². The lowest BCUT2D eigenvalue weighted by molar-refractivity contribution is -0.120. The number of nitrogens with zero attached hydrogens (tertiary/aromatic N) is 1.